The third-order valence-electron chi connectivity index (χ3n) is 4.50. The molecule has 0 unspecified atom stereocenters. The number of thiazole rings is 1. The second-order valence-electron chi connectivity index (χ2n) is 6.54. The van der Waals surface area contributed by atoms with Crippen LogP contribution in [0.15, 0.2) is 29.6 Å². The molecule has 1 aliphatic heterocycles. The molecule has 6 nitrogen and oxygen atoms in total. The van der Waals surface area contributed by atoms with Gasteiger partial charge in [-0.1, -0.05) is 0 Å². The summed E-state index contributed by atoms with van der Waals surface area (Å²) in [5, 5.41) is 2.32. The van der Waals surface area contributed by atoms with E-state index in [4.69, 9.17) is 0 Å². The Labute approximate surface area is 155 Å². The number of hydrogen-bond acceptors (Lipinski definition) is 4. The van der Waals surface area contributed by atoms with Crippen LogP contribution in [-0.2, 0) is 4.79 Å². The molecule has 1 saturated heterocycles. The molecule has 0 aliphatic carbocycles. The molecule has 0 bridgehead atoms. The molecule has 1 aromatic heterocycles. The quantitative estimate of drug-likeness (QED) is 0.838. The van der Waals surface area contributed by atoms with Gasteiger partial charge in [-0.3, -0.25) is 9.59 Å². The maximum Gasteiger partial charge on any atom is 0.273 e. The highest BCUT2D eigenvalue weighted by Crippen LogP contribution is 2.24. The fraction of sp³-hybridized carbons (Fsp3) is 0.389. The monoisotopic (exact) mass is 377 g/mol. The van der Waals surface area contributed by atoms with Gasteiger partial charge in [0, 0.05) is 18.0 Å². The predicted octanol–water partition coefficient (Wildman–Crippen LogP) is 0.378. The number of likely N-dealkylation sites (N-methyl/N-ethyl adjacent to an activating group) is 2. The number of piperazine rings is 1. The summed E-state index contributed by atoms with van der Waals surface area (Å²) in [6.45, 7) is 3.34. The largest absolute Gasteiger partial charge is 0.334 e. The summed E-state index contributed by atoms with van der Waals surface area (Å²) in [5.74, 6) is -0.643. The zero-order valence-corrected chi connectivity index (χ0v) is 15.7. The normalized spacial score (nSPS) is 15.1. The number of aromatic nitrogens is 1. The Morgan fingerprint density at radius 2 is 1.92 bits per heavy atom. The lowest BCUT2D eigenvalue weighted by Crippen LogP contribution is -3.12. The van der Waals surface area contributed by atoms with Crippen LogP contribution in [-0.4, -0.2) is 73.4 Å². The van der Waals surface area contributed by atoms with Crippen LogP contribution in [0.25, 0.3) is 10.6 Å². The number of halogens is 1. The summed E-state index contributed by atoms with van der Waals surface area (Å²) in [4.78, 5) is 33.9. The summed E-state index contributed by atoms with van der Waals surface area (Å²) in [7, 11) is 3.72. The molecule has 8 heteroatoms. The van der Waals surface area contributed by atoms with Gasteiger partial charge in [-0.2, -0.15) is 0 Å². The summed E-state index contributed by atoms with van der Waals surface area (Å²) in [6.07, 6.45) is 0. The van der Waals surface area contributed by atoms with Crippen LogP contribution in [0.4, 0.5) is 4.39 Å². The molecule has 1 N–H and O–H groups in total. The molecular formula is C18H22FN4O2S+. The fourth-order valence-corrected chi connectivity index (χ4v) is 3.61. The summed E-state index contributed by atoms with van der Waals surface area (Å²) < 4.78 is 13.0. The lowest BCUT2D eigenvalue weighted by Gasteiger charge is -2.31. The Morgan fingerprint density at radius 3 is 2.58 bits per heavy atom. The first-order valence-electron chi connectivity index (χ1n) is 8.50. The van der Waals surface area contributed by atoms with Crippen molar-refractivity contribution >= 4 is 23.2 Å². The van der Waals surface area contributed by atoms with Crippen LogP contribution in [0.2, 0.25) is 0 Å². The topological polar surface area (TPSA) is 58.0 Å². The van der Waals surface area contributed by atoms with Crippen molar-refractivity contribution in [3.8, 4) is 10.6 Å². The number of quaternary nitrogens is 1. The van der Waals surface area contributed by atoms with Crippen molar-refractivity contribution in [2.75, 3.05) is 46.8 Å². The summed E-state index contributed by atoms with van der Waals surface area (Å²) in [5.41, 5.74) is 1.06. The van der Waals surface area contributed by atoms with Crippen molar-refractivity contribution < 1.29 is 18.9 Å². The van der Waals surface area contributed by atoms with Crippen LogP contribution in [0.3, 0.4) is 0 Å². The molecule has 2 amide bonds. The van der Waals surface area contributed by atoms with E-state index in [1.54, 1.807) is 24.6 Å². The lowest BCUT2D eigenvalue weighted by molar-refractivity contribution is -0.883. The number of carbonyl (C=O) groups is 2. The van der Waals surface area contributed by atoms with Crippen molar-refractivity contribution in [3.05, 3.63) is 41.2 Å². The molecule has 1 aromatic carbocycles. The zero-order chi connectivity index (χ0) is 18.7. The molecule has 0 radical (unpaired) electrons. The first kappa shape index (κ1) is 18.5. The van der Waals surface area contributed by atoms with Crippen molar-refractivity contribution in [2.45, 2.75) is 0 Å². The molecule has 2 heterocycles. The standard InChI is InChI=1S/C18H21FN4O2S/c1-21-7-9-23(10-8-21)16(24)11-22(2)18(25)15-12-26-17(20-15)13-3-5-14(19)6-4-13/h3-6,12H,7-11H2,1-2H3/p+1. The van der Waals surface area contributed by atoms with Crippen LogP contribution < -0.4 is 4.90 Å². The number of hydrogen-bond donors (Lipinski definition) is 1. The first-order chi connectivity index (χ1) is 12.4. The molecule has 138 valence electrons. The third kappa shape index (κ3) is 4.25. The average molecular weight is 377 g/mol. The highest BCUT2D eigenvalue weighted by molar-refractivity contribution is 7.13. The predicted molar refractivity (Wildman–Crippen MR) is 97.7 cm³/mol. The maximum absolute atomic E-state index is 13.0. The molecular weight excluding hydrogens is 355 g/mol. The van der Waals surface area contributed by atoms with E-state index in [1.165, 1.54) is 33.3 Å². The van der Waals surface area contributed by atoms with Crippen molar-refractivity contribution in [1.82, 2.24) is 14.8 Å². The van der Waals surface area contributed by atoms with Crippen molar-refractivity contribution in [3.63, 3.8) is 0 Å². The van der Waals surface area contributed by atoms with Gasteiger partial charge in [0.1, 0.15) is 16.5 Å². The van der Waals surface area contributed by atoms with Gasteiger partial charge in [0.2, 0.25) is 5.91 Å². The Bertz CT molecular complexity index is 785. The van der Waals surface area contributed by atoms with Crippen molar-refractivity contribution in [2.24, 2.45) is 0 Å². The highest BCUT2D eigenvalue weighted by Gasteiger charge is 2.24. The molecule has 3 rings (SSSR count). The van der Waals surface area contributed by atoms with E-state index in [1.807, 2.05) is 4.90 Å². The number of nitrogens with zero attached hydrogens (tertiary/aromatic N) is 3. The Morgan fingerprint density at radius 1 is 1.27 bits per heavy atom. The molecule has 1 aliphatic rings. The second kappa shape index (κ2) is 7.92. The zero-order valence-electron chi connectivity index (χ0n) is 14.9. The molecule has 0 atom stereocenters. The van der Waals surface area contributed by atoms with Gasteiger partial charge < -0.3 is 14.7 Å². The Kier molecular flexibility index (Phi) is 5.63. The second-order valence-corrected chi connectivity index (χ2v) is 7.40. The number of carbonyl (C=O) groups excluding carboxylic acids is 2. The molecule has 2 aromatic rings. The van der Waals surface area contributed by atoms with Crippen molar-refractivity contribution in [1.29, 1.82) is 0 Å². The molecule has 1 fully saturated rings. The summed E-state index contributed by atoms with van der Waals surface area (Å²) in [6, 6.07) is 5.98. The Balaban J connectivity index is 1.61. The van der Waals surface area contributed by atoms with Crippen LogP contribution >= 0.6 is 11.3 Å². The SMILES string of the molecule is CN(CC(=O)N1CC[NH+](C)CC1)C(=O)c1csc(-c2ccc(F)cc2)n1. The number of amides is 2. The van der Waals surface area contributed by atoms with Gasteiger partial charge in [-0.15, -0.1) is 11.3 Å². The van der Waals surface area contributed by atoms with E-state index in [-0.39, 0.29) is 24.2 Å². The minimum atomic E-state index is -0.314. The molecule has 26 heavy (non-hydrogen) atoms. The van der Waals surface area contributed by atoms with Crippen LogP contribution in [0.1, 0.15) is 10.5 Å². The minimum absolute atomic E-state index is 0.0395. The number of benzene rings is 1. The van der Waals surface area contributed by atoms with E-state index in [2.05, 4.69) is 12.0 Å². The van der Waals surface area contributed by atoms with E-state index in [0.717, 1.165) is 31.7 Å². The highest BCUT2D eigenvalue weighted by atomic mass is 32.1. The number of nitrogens with one attached hydrogen (secondary N) is 1. The maximum atomic E-state index is 13.0. The van der Waals surface area contributed by atoms with Crippen LogP contribution in [0.5, 0.6) is 0 Å². The third-order valence-corrected chi connectivity index (χ3v) is 5.39. The van der Waals surface area contributed by atoms with Gasteiger partial charge in [-0.25, -0.2) is 9.37 Å². The summed E-state index contributed by atoms with van der Waals surface area (Å²) >= 11 is 1.32. The molecule has 0 spiro atoms. The minimum Gasteiger partial charge on any atom is -0.334 e. The van der Waals surface area contributed by atoms with Gasteiger partial charge in [0.25, 0.3) is 5.91 Å². The van der Waals surface area contributed by atoms with Gasteiger partial charge >= 0.3 is 0 Å². The smallest absolute Gasteiger partial charge is 0.273 e. The molecule has 0 saturated carbocycles. The van der Waals surface area contributed by atoms with E-state index in [9.17, 15) is 14.0 Å². The lowest BCUT2D eigenvalue weighted by atomic mass is 10.2. The van der Waals surface area contributed by atoms with Gasteiger partial charge in [0.15, 0.2) is 0 Å². The average Bonchev–Trinajstić information content (AvgIpc) is 3.12. The Hall–Kier alpha value is -2.32. The first-order valence-corrected chi connectivity index (χ1v) is 9.38. The van der Waals surface area contributed by atoms with Gasteiger partial charge in [-0.05, 0) is 24.3 Å². The number of rotatable bonds is 4. The van der Waals surface area contributed by atoms with Crippen LogP contribution in [0, 0.1) is 5.82 Å². The fourth-order valence-electron chi connectivity index (χ4n) is 2.81. The van der Waals surface area contributed by atoms with E-state index in [0.29, 0.717) is 10.7 Å². The van der Waals surface area contributed by atoms with Gasteiger partial charge in [0.05, 0.1) is 39.8 Å². The van der Waals surface area contributed by atoms with E-state index < -0.39 is 0 Å². The van der Waals surface area contributed by atoms with E-state index >= 15 is 0 Å².